The highest BCUT2D eigenvalue weighted by molar-refractivity contribution is 5.74. The Morgan fingerprint density at radius 3 is 2.59 bits per heavy atom. The molecule has 0 radical (unpaired) electrons. The third kappa shape index (κ3) is 3.01. The molecule has 0 aliphatic carbocycles. The number of aliphatic carboxylic acids is 1. The standard InChI is InChI=1S/C15H24N4O3/c1-3-12-16-17-13(22-12)9-19-6-4-15(5-7-19)8-11(14(20)21)18(2)10-15/h11H,3-10H2,1-2H3,(H,20,21)/t11-/m1/s1. The van der Waals surface area contributed by atoms with Crippen LogP contribution >= 0.6 is 0 Å². The van der Waals surface area contributed by atoms with Crippen LogP contribution in [0.1, 0.15) is 38.0 Å². The summed E-state index contributed by atoms with van der Waals surface area (Å²) in [6.07, 6.45) is 3.61. The smallest absolute Gasteiger partial charge is 0.320 e. The molecule has 1 N–H and O–H groups in total. The molecule has 1 aromatic rings. The number of carboxylic acid groups (broad SMARTS) is 1. The van der Waals surface area contributed by atoms with Crippen molar-refractivity contribution in [2.75, 3.05) is 26.7 Å². The maximum Gasteiger partial charge on any atom is 0.320 e. The van der Waals surface area contributed by atoms with Crippen LogP contribution in [0.15, 0.2) is 4.42 Å². The molecule has 0 amide bonds. The molecule has 3 heterocycles. The van der Waals surface area contributed by atoms with E-state index in [4.69, 9.17) is 4.42 Å². The number of carboxylic acids is 1. The lowest BCUT2D eigenvalue weighted by molar-refractivity contribution is -0.141. The van der Waals surface area contributed by atoms with Crippen LogP contribution in [0.5, 0.6) is 0 Å². The highest BCUT2D eigenvalue weighted by Crippen LogP contribution is 2.42. The normalized spacial score (nSPS) is 25.8. The summed E-state index contributed by atoms with van der Waals surface area (Å²) >= 11 is 0. The van der Waals surface area contributed by atoms with Crippen LogP contribution in [0.4, 0.5) is 0 Å². The van der Waals surface area contributed by atoms with E-state index in [9.17, 15) is 9.90 Å². The number of rotatable bonds is 4. The first-order chi connectivity index (χ1) is 10.5. The number of carbonyl (C=O) groups is 1. The van der Waals surface area contributed by atoms with Crippen LogP contribution < -0.4 is 0 Å². The van der Waals surface area contributed by atoms with Gasteiger partial charge in [-0.1, -0.05) is 6.92 Å². The third-order valence-corrected chi connectivity index (χ3v) is 5.12. The Kier molecular flexibility index (Phi) is 4.18. The lowest BCUT2D eigenvalue weighted by atomic mass is 9.76. The molecule has 1 aromatic heterocycles. The van der Waals surface area contributed by atoms with Crippen molar-refractivity contribution in [1.29, 1.82) is 0 Å². The van der Waals surface area contributed by atoms with E-state index >= 15 is 0 Å². The second-order valence-electron chi connectivity index (χ2n) is 6.69. The van der Waals surface area contributed by atoms with Gasteiger partial charge in [-0.15, -0.1) is 10.2 Å². The number of piperidine rings is 1. The van der Waals surface area contributed by atoms with Crippen molar-refractivity contribution >= 4 is 5.97 Å². The van der Waals surface area contributed by atoms with Crippen molar-refractivity contribution in [2.24, 2.45) is 5.41 Å². The molecule has 2 aliphatic heterocycles. The maximum atomic E-state index is 11.3. The SMILES string of the molecule is CCc1nnc(CN2CCC3(CC2)C[C@H](C(=O)O)N(C)C3)o1. The van der Waals surface area contributed by atoms with E-state index in [-0.39, 0.29) is 11.5 Å². The number of nitrogens with zero attached hydrogens (tertiary/aromatic N) is 4. The second kappa shape index (κ2) is 5.96. The van der Waals surface area contributed by atoms with Crippen molar-refractivity contribution in [2.45, 2.75) is 45.2 Å². The molecule has 7 heteroatoms. The van der Waals surface area contributed by atoms with Gasteiger partial charge in [-0.05, 0) is 44.8 Å². The first-order valence-electron chi connectivity index (χ1n) is 7.98. The summed E-state index contributed by atoms with van der Waals surface area (Å²) in [7, 11) is 1.92. The molecule has 1 spiro atoms. The minimum absolute atomic E-state index is 0.164. The van der Waals surface area contributed by atoms with E-state index in [0.29, 0.717) is 18.3 Å². The van der Waals surface area contributed by atoms with Gasteiger partial charge in [-0.3, -0.25) is 14.6 Å². The minimum Gasteiger partial charge on any atom is -0.480 e. The van der Waals surface area contributed by atoms with Gasteiger partial charge in [0, 0.05) is 13.0 Å². The van der Waals surface area contributed by atoms with E-state index in [1.807, 2.05) is 18.9 Å². The Balaban J connectivity index is 1.55. The molecule has 7 nitrogen and oxygen atoms in total. The lowest BCUT2D eigenvalue weighted by Crippen LogP contribution is -2.40. The van der Waals surface area contributed by atoms with Crippen LogP contribution in [-0.2, 0) is 17.8 Å². The number of hydrogen-bond donors (Lipinski definition) is 1. The fraction of sp³-hybridized carbons (Fsp3) is 0.800. The Hall–Kier alpha value is -1.47. The quantitative estimate of drug-likeness (QED) is 0.888. The average Bonchev–Trinajstić information content (AvgIpc) is 3.07. The van der Waals surface area contributed by atoms with Crippen LogP contribution in [0.25, 0.3) is 0 Å². The van der Waals surface area contributed by atoms with Crippen LogP contribution in [0.2, 0.25) is 0 Å². The Morgan fingerprint density at radius 2 is 2.05 bits per heavy atom. The summed E-state index contributed by atoms with van der Waals surface area (Å²) in [4.78, 5) is 15.6. The van der Waals surface area contributed by atoms with E-state index in [2.05, 4.69) is 15.1 Å². The summed E-state index contributed by atoms with van der Waals surface area (Å²) in [5.74, 6) is 0.671. The molecular formula is C15H24N4O3. The highest BCUT2D eigenvalue weighted by atomic mass is 16.4. The van der Waals surface area contributed by atoms with Crippen molar-refractivity contribution < 1.29 is 14.3 Å². The number of aromatic nitrogens is 2. The Labute approximate surface area is 130 Å². The first kappa shape index (κ1) is 15.4. The summed E-state index contributed by atoms with van der Waals surface area (Å²) in [5, 5.41) is 17.4. The van der Waals surface area contributed by atoms with Gasteiger partial charge >= 0.3 is 5.97 Å². The molecule has 0 saturated carbocycles. The number of likely N-dealkylation sites (N-methyl/N-ethyl adjacent to an activating group) is 1. The molecule has 2 aliphatic rings. The van der Waals surface area contributed by atoms with Crippen LogP contribution in [-0.4, -0.2) is 63.8 Å². The monoisotopic (exact) mass is 308 g/mol. The molecule has 2 saturated heterocycles. The zero-order chi connectivity index (χ0) is 15.7. The summed E-state index contributed by atoms with van der Waals surface area (Å²) in [6.45, 7) is 5.51. The van der Waals surface area contributed by atoms with Gasteiger partial charge in [0.2, 0.25) is 11.8 Å². The number of likely N-dealkylation sites (tertiary alicyclic amines) is 2. The molecule has 2 fully saturated rings. The van der Waals surface area contributed by atoms with Gasteiger partial charge in [0.25, 0.3) is 0 Å². The summed E-state index contributed by atoms with van der Waals surface area (Å²) < 4.78 is 5.57. The highest BCUT2D eigenvalue weighted by Gasteiger charge is 2.46. The molecule has 0 bridgehead atoms. The van der Waals surface area contributed by atoms with Crippen LogP contribution in [0, 0.1) is 5.41 Å². The minimum atomic E-state index is -0.695. The van der Waals surface area contributed by atoms with Crippen molar-refractivity contribution in [3.63, 3.8) is 0 Å². The topological polar surface area (TPSA) is 82.7 Å². The van der Waals surface area contributed by atoms with Gasteiger partial charge in [0.15, 0.2) is 0 Å². The van der Waals surface area contributed by atoms with Crippen LogP contribution in [0.3, 0.4) is 0 Å². The Morgan fingerprint density at radius 1 is 1.36 bits per heavy atom. The predicted molar refractivity (Wildman–Crippen MR) is 79.3 cm³/mol. The molecule has 22 heavy (non-hydrogen) atoms. The first-order valence-corrected chi connectivity index (χ1v) is 7.98. The predicted octanol–water partition coefficient (Wildman–Crippen LogP) is 1.00. The molecule has 1 atom stereocenters. The van der Waals surface area contributed by atoms with Crippen molar-refractivity contribution in [3.05, 3.63) is 11.8 Å². The molecule has 122 valence electrons. The largest absolute Gasteiger partial charge is 0.480 e. The zero-order valence-electron chi connectivity index (χ0n) is 13.3. The zero-order valence-corrected chi connectivity index (χ0v) is 13.3. The second-order valence-corrected chi connectivity index (χ2v) is 6.69. The maximum absolute atomic E-state index is 11.3. The van der Waals surface area contributed by atoms with Crippen molar-refractivity contribution in [1.82, 2.24) is 20.0 Å². The molecule has 3 rings (SSSR count). The number of aryl methyl sites for hydroxylation is 1. The van der Waals surface area contributed by atoms with Gasteiger partial charge in [0.05, 0.1) is 6.54 Å². The third-order valence-electron chi connectivity index (χ3n) is 5.12. The average molecular weight is 308 g/mol. The summed E-state index contributed by atoms with van der Waals surface area (Å²) in [5.41, 5.74) is 0.164. The van der Waals surface area contributed by atoms with Gasteiger partial charge in [-0.2, -0.15) is 0 Å². The van der Waals surface area contributed by atoms with E-state index in [1.165, 1.54) is 0 Å². The van der Waals surface area contributed by atoms with E-state index in [1.54, 1.807) is 0 Å². The fourth-order valence-electron chi connectivity index (χ4n) is 3.78. The number of hydrogen-bond acceptors (Lipinski definition) is 6. The molecular weight excluding hydrogens is 284 g/mol. The summed E-state index contributed by atoms with van der Waals surface area (Å²) in [6, 6.07) is -0.324. The van der Waals surface area contributed by atoms with Gasteiger partial charge in [-0.25, -0.2) is 0 Å². The van der Waals surface area contributed by atoms with Gasteiger partial charge in [0.1, 0.15) is 6.04 Å². The molecule has 0 aromatic carbocycles. The Bertz CT molecular complexity index is 537. The lowest BCUT2D eigenvalue weighted by Gasteiger charge is -2.38. The van der Waals surface area contributed by atoms with E-state index in [0.717, 1.165) is 45.3 Å². The van der Waals surface area contributed by atoms with E-state index < -0.39 is 5.97 Å². The molecule has 0 unspecified atom stereocenters. The fourth-order valence-corrected chi connectivity index (χ4v) is 3.78. The van der Waals surface area contributed by atoms with Gasteiger partial charge < -0.3 is 9.52 Å². The van der Waals surface area contributed by atoms with Crippen molar-refractivity contribution in [3.8, 4) is 0 Å².